The zero-order chi connectivity index (χ0) is 16.6. The van der Waals surface area contributed by atoms with E-state index in [2.05, 4.69) is 41.6 Å². The molecule has 0 aromatic heterocycles. The molecule has 0 unspecified atom stereocenters. The molecule has 0 saturated carbocycles. The SMILES string of the molecule is C=CC/C=C(/CCCN(CN)CCN(CC)CCCC)NC. The van der Waals surface area contributed by atoms with E-state index in [0.717, 1.165) is 45.4 Å². The van der Waals surface area contributed by atoms with Crippen molar-refractivity contribution >= 4 is 0 Å². The van der Waals surface area contributed by atoms with Crippen molar-refractivity contribution < 1.29 is 0 Å². The number of unbranched alkanes of at least 4 members (excludes halogenated alkanes) is 1. The van der Waals surface area contributed by atoms with E-state index in [0.29, 0.717) is 6.67 Å². The Bertz CT molecular complexity index is 289. The monoisotopic (exact) mass is 310 g/mol. The lowest BCUT2D eigenvalue weighted by molar-refractivity contribution is 0.208. The first-order chi connectivity index (χ1) is 10.7. The quantitative estimate of drug-likeness (QED) is 0.361. The van der Waals surface area contributed by atoms with Crippen molar-refractivity contribution in [1.29, 1.82) is 0 Å². The Morgan fingerprint density at radius 1 is 1.09 bits per heavy atom. The number of nitrogens with zero attached hydrogens (tertiary/aromatic N) is 2. The molecular weight excluding hydrogens is 272 g/mol. The van der Waals surface area contributed by atoms with Crippen LogP contribution in [0.1, 0.15) is 46.0 Å². The summed E-state index contributed by atoms with van der Waals surface area (Å²) in [5.41, 5.74) is 7.19. The van der Waals surface area contributed by atoms with Gasteiger partial charge in [0.05, 0.1) is 0 Å². The van der Waals surface area contributed by atoms with Crippen molar-refractivity contribution in [3.63, 3.8) is 0 Å². The molecule has 0 aliphatic carbocycles. The second kappa shape index (κ2) is 15.1. The Morgan fingerprint density at radius 3 is 2.32 bits per heavy atom. The van der Waals surface area contributed by atoms with Gasteiger partial charge in [0.25, 0.3) is 0 Å². The van der Waals surface area contributed by atoms with Crippen molar-refractivity contribution in [3.8, 4) is 0 Å². The standard InChI is InChI=1S/C18H38N4/c1-5-8-11-18(20-4)12-10-14-22(17-19)16-15-21(7-3)13-9-6-2/h5,11,20H,1,6-10,12-17,19H2,2-4H3/b18-11-. The maximum atomic E-state index is 5.89. The zero-order valence-corrected chi connectivity index (χ0v) is 15.1. The summed E-state index contributed by atoms with van der Waals surface area (Å²) in [7, 11) is 1.99. The number of nitrogens with one attached hydrogen (secondary N) is 1. The van der Waals surface area contributed by atoms with Gasteiger partial charge in [0.1, 0.15) is 0 Å². The summed E-state index contributed by atoms with van der Waals surface area (Å²) in [5.74, 6) is 0. The summed E-state index contributed by atoms with van der Waals surface area (Å²) in [6, 6.07) is 0. The molecule has 0 saturated heterocycles. The number of allylic oxidation sites excluding steroid dienone is 3. The van der Waals surface area contributed by atoms with Crippen molar-refractivity contribution in [2.24, 2.45) is 5.73 Å². The molecular formula is C18H38N4. The van der Waals surface area contributed by atoms with E-state index < -0.39 is 0 Å². The van der Waals surface area contributed by atoms with E-state index in [-0.39, 0.29) is 0 Å². The molecule has 0 spiro atoms. The number of rotatable bonds is 15. The van der Waals surface area contributed by atoms with Gasteiger partial charge in [-0.15, -0.1) is 6.58 Å². The van der Waals surface area contributed by atoms with E-state index in [9.17, 15) is 0 Å². The molecule has 130 valence electrons. The third-order valence-corrected chi connectivity index (χ3v) is 4.04. The predicted molar refractivity (Wildman–Crippen MR) is 98.8 cm³/mol. The first-order valence-electron chi connectivity index (χ1n) is 8.84. The maximum absolute atomic E-state index is 5.89. The van der Waals surface area contributed by atoms with Crippen LogP contribution in [0.5, 0.6) is 0 Å². The topological polar surface area (TPSA) is 44.5 Å². The van der Waals surface area contributed by atoms with E-state index in [1.54, 1.807) is 0 Å². The second-order valence-corrected chi connectivity index (χ2v) is 5.70. The lowest BCUT2D eigenvalue weighted by Crippen LogP contribution is -2.39. The van der Waals surface area contributed by atoms with Crippen LogP contribution < -0.4 is 11.1 Å². The molecule has 0 amide bonds. The average molecular weight is 311 g/mol. The van der Waals surface area contributed by atoms with Crippen molar-refractivity contribution in [1.82, 2.24) is 15.1 Å². The molecule has 0 aromatic carbocycles. The largest absolute Gasteiger partial charge is 0.392 e. The van der Waals surface area contributed by atoms with Gasteiger partial charge in [-0.05, 0) is 45.3 Å². The van der Waals surface area contributed by atoms with Crippen LogP contribution in [-0.2, 0) is 0 Å². The smallest absolute Gasteiger partial charge is 0.0455 e. The van der Waals surface area contributed by atoms with Crippen LogP contribution in [0.3, 0.4) is 0 Å². The molecule has 0 radical (unpaired) electrons. The van der Waals surface area contributed by atoms with E-state index in [1.807, 2.05) is 13.1 Å². The highest BCUT2D eigenvalue weighted by Crippen LogP contribution is 2.04. The van der Waals surface area contributed by atoms with E-state index >= 15 is 0 Å². The van der Waals surface area contributed by atoms with Crippen LogP contribution in [0.15, 0.2) is 24.4 Å². The summed E-state index contributed by atoms with van der Waals surface area (Å²) >= 11 is 0. The number of hydrogen-bond acceptors (Lipinski definition) is 4. The van der Waals surface area contributed by atoms with Crippen LogP contribution in [0, 0.1) is 0 Å². The van der Waals surface area contributed by atoms with E-state index in [1.165, 1.54) is 25.1 Å². The van der Waals surface area contributed by atoms with Crippen molar-refractivity contribution in [3.05, 3.63) is 24.4 Å². The van der Waals surface area contributed by atoms with Gasteiger partial charge in [-0.25, -0.2) is 0 Å². The van der Waals surface area contributed by atoms with Crippen LogP contribution in [-0.4, -0.2) is 56.2 Å². The molecule has 22 heavy (non-hydrogen) atoms. The molecule has 0 aliphatic rings. The zero-order valence-electron chi connectivity index (χ0n) is 15.1. The molecule has 0 bridgehead atoms. The molecule has 0 fully saturated rings. The van der Waals surface area contributed by atoms with Crippen LogP contribution in [0.2, 0.25) is 0 Å². The molecule has 4 heteroatoms. The van der Waals surface area contributed by atoms with Gasteiger partial charge in [0.15, 0.2) is 0 Å². The highest BCUT2D eigenvalue weighted by molar-refractivity contribution is 5.01. The Kier molecular flexibility index (Phi) is 14.5. The predicted octanol–water partition coefficient (Wildman–Crippen LogP) is 2.79. The molecule has 4 nitrogen and oxygen atoms in total. The minimum atomic E-state index is 0.649. The van der Waals surface area contributed by atoms with Crippen LogP contribution in [0.25, 0.3) is 0 Å². The van der Waals surface area contributed by atoms with Crippen molar-refractivity contribution in [2.75, 3.05) is 46.4 Å². The fourth-order valence-electron chi connectivity index (χ4n) is 2.43. The van der Waals surface area contributed by atoms with Gasteiger partial charge >= 0.3 is 0 Å². The minimum Gasteiger partial charge on any atom is -0.392 e. The average Bonchev–Trinajstić information content (AvgIpc) is 2.55. The Hall–Kier alpha value is -0.840. The van der Waals surface area contributed by atoms with E-state index in [4.69, 9.17) is 5.73 Å². The highest BCUT2D eigenvalue weighted by atomic mass is 15.2. The molecule has 0 aliphatic heterocycles. The number of hydrogen-bond donors (Lipinski definition) is 2. The van der Waals surface area contributed by atoms with Crippen molar-refractivity contribution in [2.45, 2.75) is 46.0 Å². The Morgan fingerprint density at radius 2 is 1.77 bits per heavy atom. The lowest BCUT2D eigenvalue weighted by Gasteiger charge is -2.26. The molecule has 3 N–H and O–H groups in total. The highest BCUT2D eigenvalue weighted by Gasteiger charge is 2.07. The normalized spacial score (nSPS) is 12.2. The Labute approximate surface area is 138 Å². The first kappa shape index (κ1) is 21.2. The Balaban J connectivity index is 4.02. The van der Waals surface area contributed by atoms with Crippen LogP contribution in [0.4, 0.5) is 0 Å². The van der Waals surface area contributed by atoms with Gasteiger partial charge in [0, 0.05) is 32.5 Å². The minimum absolute atomic E-state index is 0.649. The summed E-state index contributed by atoms with van der Waals surface area (Å²) in [6.07, 6.45) is 9.84. The third kappa shape index (κ3) is 10.8. The fraction of sp³-hybridized carbons (Fsp3) is 0.778. The second-order valence-electron chi connectivity index (χ2n) is 5.70. The summed E-state index contributed by atoms with van der Waals surface area (Å²) in [5, 5.41) is 3.27. The van der Waals surface area contributed by atoms with Gasteiger partial charge < -0.3 is 16.0 Å². The number of likely N-dealkylation sites (N-methyl/N-ethyl adjacent to an activating group) is 1. The van der Waals surface area contributed by atoms with Gasteiger partial charge in [-0.2, -0.15) is 0 Å². The summed E-state index contributed by atoms with van der Waals surface area (Å²) in [6.45, 7) is 14.5. The third-order valence-electron chi connectivity index (χ3n) is 4.04. The molecule has 0 atom stereocenters. The molecule has 0 aromatic rings. The van der Waals surface area contributed by atoms with Crippen LogP contribution >= 0.6 is 0 Å². The van der Waals surface area contributed by atoms with Gasteiger partial charge in [-0.3, -0.25) is 4.90 Å². The molecule has 0 heterocycles. The summed E-state index contributed by atoms with van der Waals surface area (Å²) in [4.78, 5) is 4.88. The lowest BCUT2D eigenvalue weighted by atomic mass is 10.2. The fourth-order valence-corrected chi connectivity index (χ4v) is 2.43. The van der Waals surface area contributed by atoms with Gasteiger partial charge in [0.2, 0.25) is 0 Å². The number of nitrogens with two attached hydrogens (primary N) is 1. The first-order valence-corrected chi connectivity index (χ1v) is 8.84. The summed E-state index contributed by atoms with van der Waals surface area (Å²) < 4.78 is 0. The molecule has 0 rings (SSSR count). The maximum Gasteiger partial charge on any atom is 0.0455 e. The van der Waals surface area contributed by atoms with Gasteiger partial charge in [-0.1, -0.05) is 32.4 Å².